The van der Waals surface area contributed by atoms with E-state index in [4.69, 9.17) is 0 Å². The maximum absolute atomic E-state index is 13.0. The van der Waals surface area contributed by atoms with Crippen molar-refractivity contribution in [2.45, 2.75) is 20.0 Å². The van der Waals surface area contributed by atoms with Crippen molar-refractivity contribution in [3.63, 3.8) is 0 Å². The summed E-state index contributed by atoms with van der Waals surface area (Å²) in [5.74, 6) is -0.667. The fourth-order valence-electron chi connectivity index (χ4n) is 2.42. The molecule has 2 aromatic carbocycles. The number of hydrogen-bond acceptors (Lipinski definition) is 4. The smallest absolute Gasteiger partial charge is 0.270 e. The average molecular weight is 368 g/mol. The molecule has 0 radical (unpaired) electrons. The molecule has 7 heteroatoms. The monoisotopic (exact) mass is 368 g/mol. The van der Waals surface area contributed by atoms with E-state index in [2.05, 4.69) is 20.6 Å². The number of nitrogens with one attached hydrogen (secondary N) is 2. The number of benzene rings is 2. The van der Waals surface area contributed by atoms with E-state index < -0.39 is 0 Å². The molecule has 3 rings (SSSR count). The molecule has 0 aliphatic rings. The Morgan fingerprint density at radius 2 is 1.44 bits per heavy atom. The zero-order chi connectivity index (χ0) is 19.2. The van der Waals surface area contributed by atoms with Gasteiger partial charge in [-0.25, -0.2) is 18.7 Å². The third kappa shape index (κ3) is 5.31. The van der Waals surface area contributed by atoms with Crippen LogP contribution in [0, 0.1) is 18.6 Å². The highest BCUT2D eigenvalue weighted by atomic mass is 19.1. The molecule has 138 valence electrons. The van der Waals surface area contributed by atoms with Crippen LogP contribution in [-0.4, -0.2) is 15.9 Å². The van der Waals surface area contributed by atoms with Crippen molar-refractivity contribution in [1.29, 1.82) is 0 Å². The van der Waals surface area contributed by atoms with Crippen molar-refractivity contribution in [3.8, 4) is 0 Å². The Hall–Kier alpha value is -3.35. The summed E-state index contributed by atoms with van der Waals surface area (Å²) in [7, 11) is 0. The van der Waals surface area contributed by atoms with Crippen LogP contribution in [0.15, 0.2) is 54.6 Å². The lowest BCUT2D eigenvalue weighted by Crippen LogP contribution is -2.24. The zero-order valence-electron chi connectivity index (χ0n) is 14.7. The van der Waals surface area contributed by atoms with Crippen molar-refractivity contribution in [2.24, 2.45) is 0 Å². The van der Waals surface area contributed by atoms with E-state index in [-0.39, 0.29) is 29.8 Å². The van der Waals surface area contributed by atoms with E-state index in [1.54, 1.807) is 37.3 Å². The second-order valence-corrected chi connectivity index (χ2v) is 6.01. The number of hydrogen-bond donors (Lipinski definition) is 2. The number of halogens is 2. The molecule has 1 amide bonds. The van der Waals surface area contributed by atoms with Gasteiger partial charge in [-0.15, -0.1) is 0 Å². The highest BCUT2D eigenvalue weighted by Gasteiger charge is 2.10. The fraction of sp³-hybridized carbons (Fsp3) is 0.150. The summed E-state index contributed by atoms with van der Waals surface area (Å²) < 4.78 is 25.9. The van der Waals surface area contributed by atoms with Gasteiger partial charge in [-0.3, -0.25) is 4.79 Å². The van der Waals surface area contributed by atoms with Gasteiger partial charge in [-0.05, 0) is 48.4 Å². The van der Waals surface area contributed by atoms with Crippen LogP contribution in [0.1, 0.15) is 27.3 Å². The molecule has 0 unspecified atom stereocenters. The van der Waals surface area contributed by atoms with Crippen molar-refractivity contribution < 1.29 is 13.6 Å². The van der Waals surface area contributed by atoms with Crippen LogP contribution >= 0.6 is 0 Å². The van der Waals surface area contributed by atoms with Crippen LogP contribution < -0.4 is 10.6 Å². The number of aryl methyl sites for hydroxylation is 1. The first kappa shape index (κ1) is 18.4. The number of aromatic nitrogens is 2. The van der Waals surface area contributed by atoms with E-state index in [0.29, 0.717) is 18.2 Å². The highest BCUT2D eigenvalue weighted by molar-refractivity contribution is 5.92. The lowest BCUT2D eigenvalue weighted by atomic mass is 10.2. The Labute approximate surface area is 155 Å². The van der Waals surface area contributed by atoms with E-state index >= 15 is 0 Å². The van der Waals surface area contributed by atoms with Gasteiger partial charge in [0.25, 0.3) is 5.91 Å². The molecule has 5 nitrogen and oxygen atoms in total. The Morgan fingerprint density at radius 1 is 0.889 bits per heavy atom. The quantitative estimate of drug-likeness (QED) is 0.698. The van der Waals surface area contributed by atoms with Crippen molar-refractivity contribution in [1.82, 2.24) is 15.3 Å². The highest BCUT2D eigenvalue weighted by Crippen LogP contribution is 2.09. The second kappa shape index (κ2) is 8.35. The molecule has 0 fully saturated rings. The summed E-state index contributed by atoms with van der Waals surface area (Å²) in [5, 5.41) is 5.78. The number of anilines is 1. The lowest BCUT2D eigenvalue weighted by Gasteiger charge is -2.09. The van der Waals surface area contributed by atoms with Gasteiger partial charge in [0.2, 0.25) is 5.95 Å². The molecule has 3 aromatic rings. The normalized spacial score (nSPS) is 10.5. The number of nitrogens with zero attached hydrogens (tertiary/aromatic N) is 2. The molecule has 2 N–H and O–H groups in total. The standard InChI is InChI=1S/C20H18F2N4O/c1-13-10-18(19(27)23-11-14-2-6-16(21)7-3-14)26-20(25-13)24-12-15-4-8-17(22)9-5-15/h2-10H,11-12H2,1H3,(H,23,27)(H,24,25,26). The van der Waals surface area contributed by atoms with Gasteiger partial charge in [-0.2, -0.15) is 0 Å². The molecule has 0 aliphatic heterocycles. The lowest BCUT2D eigenvalue weighted by molar-refractivity contribution is 0.0945. The molecule has 0 bridgehead atoms. The SMILES string of the molecule is Cc1cc(C(=O)NCc2ccc(F)cc2)nc(NCc2ccc(F)cc2)n1. The summed E-state index contributed by atoms with van der Waals surface area (Å²) in [5.41, 5.74) is 2.51. The Bertz CT molecular complexity index is 928. The predicted molar refractivity (Wildman–Crippen MR) is 98.1 cm³/mol. The minimum Gasteiger partial charge on any atom is -0.350 e. The maximum Gasteiger partial charge on any atom is 0.270 e. The Balaban J connectivity index is 1.63. The van der Waals surface area contributed by atoms with Gasteiger partial charge in [0, 0.05) is 18.8 Å². The first-order chi connectivity index (χ1) is 13.0. The second-order valence-electron chi connectivity index (χ2n) is 6.01. The molecule has 0 saturated carbocycles. The predicted octanol–water partition coefficient (Wildman–Crippen LogP) is 3.61. The Kier molecular flexibility index (Phi) is 5.71. The minimum atomic E-state index is -0.352. The zero-order valence-corrected chi connectivity index (χ0v) is 14.7. The van der Waals surface area contributed by atoms with Gasteiger partial charge in [0.15, 0.2) is 0 Å². The summed E-state index contributed by atoms with van der Waals surface area (Å²) >= 11 is 0. The third-order valence-electron chi connectivity index (χ3n) is 3.82. The van der Waals surface area contributed by atoms with Gasteiger partial charge in [-0.1, -0.05) is 24.3 Å². The van der Waals surface area contributed by atoms with E-state index in [9.17, 15) is 13.6 Å². The van der Waals surface area contributed by atoms with Gasteiger partial charge in [0.05, 0.1) is 0 Å². The third-order valence-corrected chi connectivity index (χ3v) is 3.82. The molecule has 1 heterocycles. The number of carbonyl (C=O) groups is 1. The number of amides is 1. The molecular weight excluding hydrogens is 350 g/mol. The fourth-order valence-corrected chi connectivity index (χ4v) is 2.42. The molecule has 1 aromatic heterocycles. The van der Waals surface area contributed by atoms with Crippen molar-refractivity contribution >= 4 is 11.9 Å². The number of carbonyl (C=O) groups excluding carboxylic acids is 1. The van der Waals surface area contributed by atoms with E-state index in [1.165, 1.54) is 24.3 Å². The summed E-state index contributed by atoms with van der Waals surface area (Å²) in [6, 6.07) is 13.6. The largest absolute Gasteiger partial charge is 0.350 e. The van der Waals surface area contributed by atoms with Crippen LogP contribution in [0.5, 0.6) is 0 Å². The molecule has 0 spiro atoms. The molecule has 0 aliphatic carbocycles. The summed E-state index contributed by atoms with van der Waals surface area (Å²) in [4.78, 5) is 20.8. The van der Waals surface area contributed by atoms with Gasteiger partial charge >= 0.3 is 0 Å². The topological polar surface area (TPSA) is 66.9 Å². The van der Waals surface area contributed by atoms with Crippen LogP contribution in [0.25, 0.3) is 0 Å². The van der Waals surface area contributed by atoms with Crippen LogP contribution in [-0.2, 0) is 13.1 Å². The first-order valence-electron chi connectivity index (χ1n) is 8.36. The maximum atomic E-state index is 13.0. The number of rotatable bonds is 6. The van der Waals surface area contributed by atoms with Crippen LogP contribution in [0.2, 0.25) is 0 Å². The molecule has 0 saturated heterocycles. The molecule has 0 atom stereocenters. The van der Waals surface area contributed by atoms with Gasteiger partial charge in [0.1, 0.15) is 17.3 Å². The molecule has 27 heavy (non-hydrogen) atoms. The van der Waals surface area contributed by atoms with Crippen molar-refractivity contribution in [3.05, 3.63) is 88.7 Å². The van der Waals surface area contributed by atoms with Crippen LogP contribution in [0.3, 0.4) is 0 Å². The molecular formula is C20H18F2N4O. The van der Waals surface area contributed by atoms with Gasteiger partial charge < -0.3 is 10.6 Å². The average Bonchev–Trinajstić information content (AvgIpc) is 2.66. The minimum absolute atomic E-state index is 0.228. The van der Waals surface area contributed by atoms with E-state index in [1.807, 2.05) is 0 Å². The van der Waals surface area contributed by atoms with Crippen molar-refractivity contribution in [2.75, 3.05) is 5.32 Å². The Morgan fingerprint density at radius 3 is 2.04 bits per heavy atom. The van der Waals surface area contributed by atoms with Crippen LogP contribution in [0.4, 0.5) is 14.7 Å². The summed E-state index contributed by atoms with van der Waals surface area (Å²) in [6.07, 6.45) is 0. The first-order valence-corrected chi connectivity index (χ1v) is 8.36. The van der Waals surface area contributed by atoms with E-state index in [0.717, 1.165) is 11.1 Å². The summed E-state index contributed by atoms with van der Waals surface area (Å²) in [6.45, 7) is 2.43.